The van der Waals surface area contributed by atoms with Crippen LogP contribution in [0, 0.1) is 6.92 Å². The van der Waals surface area contributed by atoms with Gasteiger partial charge in [0.05, 0.1) is 22.8 Å². The minimum absolute atomic E-state index is 0.204. The molecule has 0 fully saturated rings. The molecule has 3 heterocycles. The lowest BCUT2D eigenvalue weighted by Crippen LogP contribution is -1.96. The van der Waals surface area contributed by atoms with Crippen LogP contribution in [0.5, 0.6) is 0 Å². The zero-order valence-electron chi connectivity index (χ0n) is 11.9. The molecular weight excluding hydrogens is 302 g/mol. The molecule has 4 rings (SSSR count). The van der Waals surface area contributed by atoms with Crippen molar-refractivity contribution in [2.75, 3.05) is 5.32 Å². The van der Waals surface area contributed by atoms with Crippen molar-refractivity contribution in [1.82, 2.24) is 29.9 Å². The predicted octanol–water partition coefficient (Wildman–Crippen LogP) is 2.95. The van der Waals surface area contributed by atoms with Crippen LogP contribution in [0.1, 0.15) is 5.56 Å². The van der Waals surface area contributed by atoms with Gasteiger partial charge in [-0.1, -0.05) is 6.07 Å². The monoisotopic (exact) mass is 313 g/mol. The summed E-state index contributed by atoms with van der Waals surface area (Å²) in [5.74, 6) is 0.686. The van der Waals surface area contributed by atoms with Gasteiger partial charge in [-0.3, -0.25) is 5.10 Å². The number of halogens is 1. The third-order valence-corrected chi connectivity index (χ3v) is 3.81. The van der Waals surface area contributed by atoms with Crippen LogP contribution >= 0.6 is 11.6 Å². The van der Waals surface area contributed by atoms with Crippen molar-refractivity contribution in [2.24, 2.45) is 7.05 Å². The van der Waals surface area contributed by atoms with Crippen LogP contribution in [-0.2, 0) is 7.05 Å². The number of hydrogen-bond acceptors (Lipinski definition) is 5. The molecule has 22 heavy (non-hydrogen) atoms. The van der Waals surface area contributed by atoms with E-state index in [1.54, 1.807) is 17.1 Å². The van der Waals surface area contributed by atoms with Gasteiger partial charge in [-0.05, 0) is 30.2 Å². The van der Waals surface area contributed by atoms with Crippen molar-refractivity contribution in [3.8, 4) is 0 Å². The molecular formula is C14H12ClN7. The molecule has 0 aliphatic heterocycles. The Kier molecular flexibility index (Phi) is 2.77. The molecule has 4 aromatic rings. The highest BCUT2D eigenvalue weighted by atomic mass is 35.5. The first-order valence-electron chi connectivity index (χ1n) is 6.68. The lowest BCUT2D eigenvalue weighted by atomic mass is 10.1. The van der Waals surface area contributed by atoms with E-state index in [0.29, 0.717) is 11.5 Å². The molecule has 110 valence electrons. The Morgan fingerprint density at radius 3 is 2.95 bits per heavy atom. The first-order valence-corrected chi connectivity index (χ1v) is 7.06. The molecule has 0 aliphatic rings. The summed E-state index contributed by atoms with van der Waals surface area (Å²) in [4.78, 5) is 8.25. The van der Waals surface area contributed by atoms with E-state index in [-0.39, 0.29) is 5.28 Å². The highest BCUT2D eigenvalue weighted by molar-refractivity contribution is 6.28. The number of aromatic nitrogens is 6. The molecule has 2 N–H and O–H groups in total. The van der Waals surface area contributed by atoms with Gasteiger partial charge in [-0.2, -0.15) is 15.2 Å². The number of nitrogens with one attached hydrogen (secondary N) is 2. The van der Waals surface area contributed by atoms with Gasteiger partial charge in [0.2, 0.25) is 5.28 Å². The summed E-state index contributed by atoms with van der Waals surface area (Å²) in [6.45, 7) is 2.03. The summed E-state index contributed by atoms with van der Waals surface area (Å²) in [6.07, 6.45) is 3.47. The maximum absolute atomic E-state index is 5.85. The van der Waals surface area contributed by atoms with Crippen molar-refractivity contribution in [1.29, 1.82) is 0 Å². The molecule has 0 aliphatic carbocycles. The number of aromatic amines is 1. The van der Waals surface area contributed by atoms with E-state index in [1.165, 1.54) is 0 Å². The Morgan fingerprint density at radius 2 is 2.09 bits per heavy atom. The maximum atomic E-state index is 5.85. The number of nitrogens with zero attached hydrogens (tertiary/aromatic N) is 5. The van der Waals surface area contributed by atoms with Gasteiger partial charge >= 0.3 is 0 Å². The van der Waals surface area contributed by atoms with Crippen LogP contribution in [0.25, 0.3) is 21.9 Å². The third kappa shape index (κ3) is 1.90. The SMILES string of the molecule is Cc1ccc2[nH]ncc2c1Nc1nn(C)c2nc(Cl)ncc12. The second-order valence-electron chi connectivity index (χ2n) is 5.06. The highest BCUT2D eigenvalue weighted by Crippen LogP contribution is 2.31. The molecule has 3 aromatic heterocycles. The zero-order chi connectivity index (χ0) is 15.3. The summed E-state index contributed by atoms with van der Waals surface area (Å²) in [5, 5.41) is 16.9. The van der Waals surface area contributed by atoms with Crippen molar-refractivity contribution in [3.05, 3.63) is 35.4 Å². The summed E-state index contributed by atoms with van der Waals surface area (Å²) in [5.41, 5.74) is 3.70. The van der Waals surface area contributed by atoms with Crippen LogP contribution < -0.4 is 5.32 Å². The van der Waals surface area contributed by atoms with Crippen molar-refractivity contribution in [2.45, 2.75) is 6.92 Å². The van der Waals surface area contributed by atoms with Gasteiger partial charge < -0.3 is 5.32 Å². The number of rotatable bonds is 2. The molecule has 0 radical (unpaired) electrons. The van der Waals surface area contributed by atoms with E-state index in [9.17, 15) is 0 Å². The first-order chi connectivity index (χ1) is 10.6. The van der Waals surface area contributed by atoms with E-state index in [0.717, 1.165) is 27.5 Å². The van der Waals surface area contributed by atoms with Crippen molar-refractivity contribution in [3.63, 3.8) is 0 Å². The van der Waals surface area contributed by atoms with Crippen LogP contribution in [0.2, 0.25) is 5.28 Å². The van der Waals surface area contributed by atoms with E-state index in [4.69, 9.17) is 11.6 Å². The van der Waals surface area contributed by atoms with Crippen LogP contribution in [0.15, 0.2) is 24.5 Å². The van der Waals surface area contributed by atoms with Crippen LogP contribution in [0.3, 0.4) is 0 Å². The number of fused-ring (bicyclic) bond motifs is 2. The topological polar surface area (TPSA) is 84.3 Å². The molecule has 0 amide bonds. The van der Waals surface area contributed by atoms with Crippen molar-refractivity contribution >= 4 is 45.0 Å². The van der Waals surface area contributed by atoms with Gasteiger partial charge in [-0.25, -0.2) is 9.67 Å². The molecule has 0 saturated carbocycles. The summed E-state index contributed by atoms with van der Waals surface area (Å²) >= 11 is 5.85. The van der Waals surface area contributed by atoms with Gasteiger partial charge in [0.1, 0.15) is 0 Å². The normalized spacial score (nSPS) is 11.4. The Labute approximate surface area is 130 Å². The molecule has 8 heteroatoms. The minimum Gasteiger partial charge on any atom is -0.337 e. The molecule has 1 aromatic carbocycles. The van der Waals surface area contributed by atoms with E-state index < -0.39 is 0 Å². The lowest BCUT2D eigenvalue weighted by Gasteiger charge is -2.08. The summed E-state index contributed by atoms with van der Waals surface area (Å²) in [7, 11) is 1.82. The molecule has 7 nitrogen and oxygen atoms in total. The van der Waals surface area contributed by atoms with E-state index >= 15 is 0 Å². The Bertz CT molecular complexity index is 1000. The fraction of sp³-hybridized carbons (Fsp3) is 0.143. The van der Waals surface area contributed by atoms with Gasteiger partial charge in [-0.15, -0.1) is 0 Å². The van der Waals surface area contributed by atoms with E-state index in [2.05, 4.69) is 30.6 Å². The van der Waals surface area contributed by atoms with Crippen LogP contribution in [0.4, 0.5) is 11.5 Å². The minimum atomic E-state index is 0.204. The Balaban J connectivity index is 1.90. The molecule has 0 bridgehead atoms. The fourth-order valence-corrected chi connectivity index (χ4v) is 2.65. The largest absolute Gasteiger partial charge is 0.337 e. The third-order valence-electron chi connectivity index (χ3n) is 3.63. The highest BCUT2D eigenvalue weighted by Gasteiger charge is 2.14. The predicted molar refractivity (Wildman–Crippen MR) is 85.4 cm³/mol. The Morgan fingerprint density at radius 1 is 1.23 bits per heavy atom. The van der Waals surface area contributed by atoms with Gasteiger partial charge in [0.15, 0.2) is 11.5 Å². The molecule has 0 unspecified atom stereocenters. The standard InChI is InChI=1S/C14H12ClN7/c1-7-3-4-10-8(6-17-20-10)11(7)18-12-9-5-16-14(15)19-13(9)22(2)21-12/h3-6H,1-2H3,(H,17,20)(H,18,21). The number of hydrogen-bond donors (Lipinski definition) is 2. The summed E-state index contributed by atoms with van der Waals surface area (Å²) < 4.78 is 1.68. The number of anilines is 2. The second-order valence-corrected chi connectivity index (χ2v) is 5.40. The molecule has 0 saturated heterocycles. The Hall–Kier alpha value is -2.67. The van der Waals surface area contributed by atoms with Gasteiger partial charge in [0.25, 0.3) is 0 Å². The summed E-state index contributed by atoms with van der Waals surface area (Å²) in [6, 6.07) is 4.03. The van der Waals surface area contributed by atoms with Crippen molar-refractivity contribution < 1.29 is 0 Å². The fourth-order valence-electron chi connectivity index (χ4n) is 2.52. The quantitative estimate of drug-likeness (QED) is 0.556. The average Bonchev–Trinajstić information content (AvgIpc) is 3.08. The van der Waals surface area contributed by atoms with Crippen LogP contribution in [-0.4, -0.2) is 29.9 Å². The number of aryl methyl sites for hydroxylation is 2. The smallest absolute Gasteiger partial charge is 0.224 e. The lowest BCUT2D eigenvalue weighted by molar-refractivity contribution is 0.789. The zero-order valence-corrected chi connectivity index (χ0v) is 12.7. The average molecular weight is 314 g/mol. The maximum Gasteiger partial charge on any atom is 0.224 e. The van der Waals surface area contributed by atoms with E-state index in [1.807, 2.05) is 26.1 Å². The number of H-pyrrole nitrogens is 1. The van der Waals surface area contributed by atoms with Gasteiger partial charge in [0, 0.05) is 18.6 Å². The molecule has 0 atom stereocenters. The number of benzene rings is 1. The second kappa shape index (κ2) is 4.67. The molecule has 0 spiro atoms. The first kappa shape index (κ1) is 13.0.